The number of nitrogens with one attached hydrogen (secondary N) is 1. The molecule has 2 aliphatic rings. The largest absolute Gasteiger partial charge is 0.388 e. The summed E-state index contributed by atoms with van der Waals surface area (Å²) < 4.78 is 0. The lowest BCUT2D eigenvalue weighted by Crippen LogP contribution is -2.52. The predicted molar refractivity (Wildman–Crippen MR) is 118 cm³/mol. The van der Waals surface area contributed by atoms with Crippen LogP contribution in [0.3, 0.4) is 0 Å². The Morgan fingerprint density at radius 1 is 1.29 bits per heavy atom. The van der Waals surface area contributed by atoms with E-state index in [4.69, 9.17) is 4.98 Å². The first-order valence-electron chi connectivity index (χ1n) is 11.0. The van der Waals surface area contributed by atoms with E-state index in [1.54, 1.807) is 0 Å². The summed E-state index contributed by atoms with van der Waals surface area (Å²) in [6.07, 6.45) is 11.2. The van der Waals surface area contributed by atoms with Crippen LogP contribution in [-0.4, -0.2) is 53.6 Å². The Labute approximate surface area is 170 Å². The van der Waals surface area contributed by atoms with Crippen molar-refractivity contribution in [3.8, 4) is 0 Å². The molecule has 5 heteroatoms. The van der Waals surface area contributed by atoms with Crippen LogP contribution in [-0.2, 0) is 12.8 Å². The smallest absolute Gasteiger partial charge is 0.225 e. The lowest BCUT2D eigenvalue weighted by molar-refractivity contribution is 0.120. The van der Waals surface area contributed by atoms with Gasteiger partial charge in [0.1, 0.15) is 0 Å². The normalized spacial score (nSPS) is 18.8. The fourth-order valence-corrected chi connectivity index (χ4v) is 3.99. The molecular formula is C23H37N5. The van der Waals surface area contributed by atoms with Gasteiger partial charge in [0, 0.05) is 63.5 Å². The van der Waals surface area contributed by atoms with E-state index in [2.05, 4.69) is 53.5 Å². The Morgan fingerprint density at radius 3 is 2.64 bits per heavy atom. The molecule has 0 spiro atoms. The molecule has 0 bridgehead atoms. The zero-order valence-electron chi connectivity index (χ0n) is 18.0. The van der Waals surface area contributed by atoms with Crippen molar-refractivity contribution in [3.63, 3.8) is 0 Å². The number of nitrogens with zero attached hydrogens (tertiary/aromatic N) is 4. The van der Waals surface area contributed by atoms with Crippen molar-refractivity contribution >= 4 is 5.95 Å². The van der Waals surface area contributed by atoms with Crippen LogP contribution in [0, 0.1) is 0 Å². The molecule has 0 atom stereocenters. The van der Waals surface area contributed by atoms with Gasteiger partial charge in [0.2, 0.25) is 5.95 Å². The number of rotatable bonds is 9. The average Bonchev–Trinajstić information content (AvgIpc) is 2.67. The lowest BCUT2D eigenvalue weighted by atomic mass is 9.91. The molecule has 28 heavy (non-hydrogen) atoms. The van der Waals surface area contributed by atoms with Gasteiger partial charge in [0.05, 0.1) is 5.69 Å². The topological polar surface area (TPSA) is 44.3 Å². The van der Waals surface area contributed by atoms with Crippen LogP contribution in [0.1, 0.15) is 57.7 Å². The molecule has 1 aliphatic heterocycles. The van der Waals surface area contributed by atoms with Crippen LogP contribution in [0.5, 0.6) is 0 Å². The van der Waals surface area contributed by atoms with Crippen molar-refractivity contribution in [2.45, 2.75) is 65.3 Å². The second-order valence-corrected chi connectivity index (χ2v) is 8.20. The summed E-state index contributed by atoms with van der Waals surface area (Å²) in [7, 11) is 0. The third-order valence-corrected chi connectivity index (χ3v) is 6.23. The number of hydrogen-bond acceptors (Lipinski definition) is 5. The monoisotopic (exact) mass is 383 g/mol. The fraction of sp³-hybridized carbons (Fsp3) is 0.652. The summed E-state index contributed by atoms with van der Waals surface area (Å²) in [5, 5.41) is 3.46. The van der Waals surface area contributed by atoms with Crippen LogP contribution >= 0.6 is 0 Å². The molecule has 1 N–H and O–H groups in total. The standard InChI is InChI=1S/C23H37N5/c1-5-18(3)16-19(4)24-11-10-22-20(6-2)17-25-23(26-22)28-14-12-27(13-15-28)21-8-7-9-21/h5,17,21,24H,4,6-16H2,1-3H3/b18-5-. The van der Waals surface area contributed by atoms with Crippen molar-refractivity contribution in [1.82, 2.24) is 20.2 Å². The highest BCUT2D eigenvalue weighted by Gasteiger charge is 2.28. The van der Waals surface area contributed by atoms with Crippen LogP contribution in [0.15, 0.2) is 30.1 Å². The van der Waals surface area contributed by atoms with E-state index in [1.807, 2.05) is 6.20 Å². The second kappa shape index (κ2) is 10.1. The van der Waals surface area contributed by atoms with Gasteiger partial charge >= 0.3 is 0 Å². The van der Waals surface area contributed by atoms with Crippen molar-refractivity contribution in [1.29, 1.82) is 0 Å². The average molecular weight is 384 g/mol. The molecule has 0 radical (unpaired) electrons. The zero-order valence-corrected chi connectivity index (χ0v) is 18.0. The maximum atomic E-state index is 4.96. The Hall–Kier alpha value is -1.88. The minimum atomic E-state index is 0.839. The number of hydrogen-bond donors (Lipinski definition) is 1. The molecule has 3 rings (SSSR count). The van der Waals surface area contributed by atoms with Gasteiger partial charge in [-0.3, -0.25) is 4.90 Å². The first-order valence-corrected chi connectivity index (χ1v) is 11.0. The van der Waals surface area contributed by atoms with Gasteiger partial charge in [-0.2, -0.15) is 0 Å². The summed E-state index contributed by atoms with van der Waals surface area (Å²) in [5.41, 5.74) is 4.86. The fourth-order valence-electron chi connectivity index (χ4n) is 3.99. The third kappa shape index (κ3) is 5.34. The highest BCUT2D eigenvalue weighted by molar-refractivity contribution is 5.34. The van der Waals surface area contributed by atoms with E-state index in [0.29, 0.717) is 0 Å². The Balaban J connectivity index is 1.55. The van der Waals surface area contributed by atoms with Crippen LogP contribution in [0.25, 0.3) is 0 Å². The number of anilines is 1. The molecule has 2 heterocycles. The molecule has 0 aromatic carbocycles. The number of aromatic nitrogens is 2. The molecule has 0 unspecified atom stereocenters. The predicted octanol–water partition coefficient (Wildman–Crippen LogP) is 3.72. The molecule has 154 valence electrons. The van der Waals surface area contributed by atoms with Gasteiger partial charge in [0.25, 0.3) is 0 Å². The van der Waals surface area contributed by atoms with Gasteiger partial charge in [-0.15, -0.1) is 0 Å². The van der Waals surface area contributed by atoms with Gasteiger partial charge < -0.3 is 10.2 Å². The van der Waals surface area contributed by atoms with Crippen molar-refractivity contribution in [2.24, 2.45) is 0 Å². The Kier molecular flexibility index (Phi) is 7.49. The van der Waals surface area contributed by atoms with Gasteiger partial charge in [-0.05, 0) is 38.7 Å². The molecule has 1 saturated heterocycles. The van der Waals surface area contributed by atoms with Crippen LogP contribution in [0.4, 0.5) is 5.95 Å². The highest BCUT2D eigenvalue weighted by atomic mass is 15.3. The van der Waals surface area contributed by atoms with Crippen LogP contribution < -0.4 is 10.2 Å². The minimum absolute atomic E-state index is 0.839. The molecule has 2 fully saturated rings. The summed E-state index contributed by atoms with van der Waals surface area (Å²) in [5.74, 6) is 0.907. The van der Waals surface area contributed by atoms with E-state index in [0.717, 1.165) is 69.7 Å². The molecule has 1 aromatic rings. The van der Waals surface area contributed by atoms with Crippen molar-refractivity contribution < 1.29 is 0 Å². The summed E-state index contributed by atoms with van der Waals surface area (Å²) in [6.45, 7) is 15.8. The molecule has 1 aliphatic carbocycles. The summed E-state index contributed by atoms with van der Waals surface area (Å²) >= 11 is 0. The zero-order chi connectivity index (χ0) is 19.9. The van der Waals surface area contributed by atoms with Crippen LogP contribution in [0.2, 0.25) is 0 Å². The third-order valence-electron chi connectivity index (χ3n) is 6.23. The van der Waals surface area contributed by atoms with E-state index in [1.165, 1.54) is 36.1 Å². The maximum Gasteiger partial charge on any atom is 0.225 e. The minimum Gasteiger partial charge on any atom is -0.388 e. The van der Waals surface area contributed by atoms with E-state index in [-0.39, 0.29) is 0 Å². The molecular weight excluding hydrogens is 346 g/mol. The molecule has 5 nitrogen and oxygen atoms in total. The van der Waals surface area contributed by atoms with Crippen molar-refractivity contribution in [3.05, 3.63) is 41.4 Å². The van der Waals surface area contributed by atoms with E-state index < -0.39 is 0 Å². The first-order chi connectivity index (χ1) is 13.6. The SMILES string of the molecule is C=C(C/C(C)=C\C)NCCc1nc(N2CCN(C3CCC3)CC2)ncc1CC. The van der Waals surface area contributed by atoms with Gasteiger partial charge in [-0.1, -0.05) is 31.6 Å². The quantitative estimate of drug-likeness (QED) is 0.659. The summed E-state index contributed by atoms with van der Waals surface area (Å²) in [4.78, 5) is 14.7. The number of allylic oxidation sites excluding steroid dienone is 2. The molecule has 0 amide bonds. The number of piperazine rings is 1. The summed E-state index contributed by atoms with van der Waals surface area (Å²) in [6, 6.07) is 0.839. The van der Waals surface area contributed by atoms with E-state index in [9.17, 15) is 0 Å². The lowest BCUT2D eigenvalue weighted by Gasteiger charge is -2.43. The van der Waals surface area contributed by atoms with E-state index >= 15 is 0 Å². The first kappa shape index (κ1) is 20.8. The molecule has 1 saturated carbocycles. The maximum absolute atomic E-state index is 4.96. The van der Waals surface area contributed by atoms with Crippen molar-refractivity contribution in [2.75, 3.05) is 37.6 Å². The Morgan fingerprint density at radius 2 is 2.04 bits per heavy atom. The van der Waals surface area contributed by atoms with Gasteiger partial charge in [-0.25, -0.2) is 9.97 Å². The van der Waals surface area contributed by atoms with Gasteiger partial charge in [0.15, 0.2) is 0 Å². The highest BCUT2D eigenvalue weighted by Crippen LogP contribution is 2.26. The number of aryl methyl sites for hydroxylation is 1. The second-order valence-electron chi connectivity index (χ2n) is 8.20. The molecule has 1 aromatic heterocycles. The Bertz CT molecular complexity index is 684.